The normalized spacial score (nSPS) is 18.5. The van der Waals surface area contributed by atoms with E-state index in [9.17, 15) is 0 Å². The predicted molar refractivity (Wildman–Crippen MR) is 86.5 cm³/mol. The molecule has 1 unspecified atom stereocenters. The molecule has 0 saturated carbocycles. The summed E-state index contributed by atoms with van der Waals surface area (Å²) in [7, 11) is 0. The Balaban J connectivity index is 2.11. The Kier molecular flexibility index (Phi) is 5.59. The first-order chi connectivity index (χ1) is 10.1. The van der Waals surface area contributed by atoms with Gasteiger partial charge in [0.15, 0.2) is 0 Å². The Bertz CT molecular complexity index is 441. The van der Waals surface area contributed by atoms with E-state index in [1.54, 1.807) is 6.20 Å². The smallest absolute Gasteiger partial charge is 0.137 e. The van der Waals surface area contributed by atoms with Crippen molar-refractivity contribution >= 4 is 0 Å². The Morgan fingerprint density at radius 3 is 2.67 bits per heavy atom. The lowest BCUT2D eigenvalue weighted by atomic mass is 9.87. The minimum atomic E-state index is -0.0640. The number of rotatable bonds is 6. The molecule has 1 atom stereocenters. The first-order valence-electron chi connectivity index (χ1n) is 8.14. The van der Waals surface area contributed by atoms with Crippen LogP contribution in [0.25, 0.3) is 0 Å². The highest BCUT2D eigenvalue weighted by Crippen LogP contribution is 2.32. The second-order valence-corrected chi connectivity index (χ2v) is 6.48. The maximum Gasteiger partial charge on any atom is 0.137 e. The van der Waals surface area contributed by atoms with Gasteiger partial charge in [-0.15, -0.1) is 0 Å². The van der Waals surface area contributed by atoms with E-state index in [1.165, 1.54) is 19.3 Å². The van der Waals surface area contributed by atoms with Gasteiger partial charge in [-0.3, -0.25) is 9.88 Å². The van der Waals surface area contributed by atoms with E-state index < -0.39 is 0 Å². The fourth-order valence-corrected chi connectivity index (χ4v) is 2.98. The van der Waals surface area contributed by atoms with Crippen LogP contribution in [0.2, 0.25) is 0 Å². The number of hydrogen-bond acceptors (Lipinski definition) is 4. The number of ether oxygens (including phenoxy) is 1. The van der Waals surface area contributed by atoms with Gasteiger partial charge >= 0.3 is 0 Å². The van der Waals surface area contributed by atoms with E-state index in [-0.39, 0.29) is 11.6 Å². The van der Waals surface area contributed by atoms with Gasteiger partial charge in [0.25, 0.3) is 0 Å². The SMILES string of the molecule is CCCOc1cncc(C(N)C(C)(C)N2CCCCC2)c1. The zero-order valence-electron chi connectivity index (χ0n) is 13.6. The standard InChI is InChI=1S/C17H29N3O/c1-4-10-21-15-11-14(12-19-13-15)16(18)17(2,3)20-8-6-5-7-9-20/h11-13,16H,4-10,18H2,1-3H3. The van der Waals surface area contributed by atoms with E-state index in [0.29, 0.717) is 0 Å². The fraction of sp³-hybridized carbons (Fsp3) is 0.706. The average Bonchev–Trinajstić information content (AvgIpc) is 2.53. The van der Waals surface area contributed by atoms with Crippen molar-refractivity contribution in [1.29, 1.82) is 0 Å². The molecule has 1 aliphatic heterocycles. The molecular weight excluding hydrogens is 262 g/mol. The Labute approximate surface area is 128 Å². The number of nitrogens with two attached hydrogens (primary N) is 1. The summed E-state index contributed by atoms with van der Waals surface area (Å²) in [4.78, 5) is 6.81. The zero-order valence-corrected chi connectivity index (χ0v) is 13.6. The molecule has 1 fully saturated rings. The highest BCUT2D eigenvalue weighted by Gasteiger charge is 2.35. The summed E-state index contributed by atoms with van der Waals surface area (Å²) in [5.41, 5.74) is 7.55. The third kappa shape index (κ3) is 3.95. The van der Waals surface area contributed by atoms with E-state index in [2.05, 4.69) is 30.7 Å². The topological polar surface area (TPSA) is 51.4 Å². The number of piperidine rings is 1. The van der Waals surface area contributed by atoms with Crippen LogP contribution in [0.15, 0.2) is 18.5 Å². The van der Waals surface area contributed by atoms with Crippen molar-refractivity contribution in [3.05, 3.63) is 24.0 Å². The van der Waals surface area contributed by atoms with Crippen molar-refractivity contribution < 1.29 is 4.74 Å². The van der Waals surface area contributed by atoms with Gasteiger partial charge in [0.05, 0.1) is 12.8 Å². The van der Waals surface area contributed by atoms with Gasteiger partial charge < -0.3 is 10.5 Å². The molecule has 4 heteroatoms. The molecule has 0 bridgehead atoms. The molecule has 118 valence electrons. The molecule has 21 heavy (non-hydrogen) atoms. The number of nitrogens with zero attached hydrogens (tertiary/aromatic N) is 2. The Hall–Kier alpha value is -1.13. The minimum absolute atomic E-state index is 0.0618. The average molecular weight is 291 g/mol. The number of hydrogen-bond donors (Lipinski definition) is 1. The molecule has 1 saturated heterocycles. The summed E-state index contributed by atoms with van der Waals surface area (Å²) in [5.74, 6) is 0.819. The molecule has 2 N–H and O–H groups in total. The van der Waals surface area contributed by atoms with Crippen molar-refractivity contribution in [3.63, 3.8) is 0 Å². The lowest BCUT2D eigenvalue weighted by Crippen LogP contribution is -2.53. The van der Waals surface area contributed by atoms with Crippen LogP contribution in [0.5, 0.6) is 5.75 Å². The second kappa shape index (κ2) is 7.23. The largest absolute Gasteiger partial charge is 0.492 e. The predicted octanol–water partition coefficient (Wildman–Crippen LogP) is 3.13. The summed E-state index contributed by atoms with van der Waals surface area (Å²) in [6.45, 7) is 9.57. The van der Waals surface area contributed by atoms with Gasteiger partial charge in [-0.1, -0.05) is 13.3 Å². The zero-order chi connectivity index (χ0) is 15.3. The van der Waals surface area contributed by atoms with Gasteiger partial charge in [-0.2, -0.15) is 0 Å². The second-order valence-electron chi connectivity index (χ2n) is 6.48. The molecule has 0 aromatic carbocycles. The molecule has 0 amide bonds. The highest BCUT2D eigenvalue weighted by molar-refractivity contribution is 5.28. The summed E-state index contributed by atoms with van der Waals surface area (Å²) in [6.07, 6.45) is 8.51. The fourth-order valence-electron chi connectivity index (χ4n) is 2.98. The first-order valence-corrected chi connectivity index (χ1v) is 8.14. The Morgan fingerprint density at radius 2 is 2.00 bits per heavy atom. The Morgan fingerprint density at radius 1 is 1.29 bits per heavy atom. The monoisotopic (exact) mass is 291 g/mol. The molecule has 1 aliphatic rings. The van der Waals surface area contributed by atoms with Crippen molar-refractivity contribution in [1.82, 2.24) is 9.88 Å². The third-order valence-corrected chi connectivity index (χ3v) is 4.50. The lowest BCUT2D eigenvalue weighted by molar-refractivity contribution is 0.0728. The summed E-state index contributed by atoms with van der Waals surface area (Å²) < 4.78 is 5.67. The van der Waals surface area contributed by atoms with Crippen molar-refractivity contribution in [3.8, 4) is 5.75 Å². The van der Waals surface area contributed by atoms with Crippen LogP contribution in [0.1, 0.15) is 58.1 Å². The summed E-state index contributed by atoms with van der Waals surface area (Å²) >= 11 is 0. The van der Waals surface area contributed by atoms with Gasteiger partial charge in [-0.25, -0.2) is 0 Å². The van der Waals surface area contributed by atoms with E-state index >= 15 is 0 Å². The highest BCUT2D eigenvalue weighted by atomic mass is 16.5. The molecule has 2 heterocycles. The molecule has 0 spiro atoms. The number of likely N-dealkylation sites (tertiary alicyclic amines) is 1. The summed E-state index contributed by atoms with van der Waals surface area (Å²) in [5, 5.41) is 0. The molecule has 1 aromatic rings. The van der Waals surface area contributed by atoms with Gasteiger partial charge in [0.1, 0.15) is 5.75 Å². The van der Waals surface area contributed by atoms with Crippen LogP contribution in [-0.2, 0) is 0 Å². The van der Waals surface area contributed by atoms with Crippen LogP contribution in [0.3, 0.4) is 0 Å². The molecule has 1 aromatic heterocycles. The van der Waals surface area contributed by atoms with E-state index in [0.717, 1.165) is 37.4 Å². The third-order valence-electron chi connectivity index (χ3n) is 4.50. The maximum absolute atomic E-state index is 6.56. The van der Waals surface area contributed by atoms with Crippen molar-refractivity contribution in [2.75, 3.05) is 19.7 Å². The molecule has 4 nitrogen and oxygen atoms in total. The first kappa shape index (κ1) is 16.2. The molecule has 0 aliphatic carbocycles. The molecule has 2 rings (SSSR count). The van der Waals surface area contributed by atoms with Crippen LogP contribution in [0.4, 0.5) is 0 Å². The van der Waals surface area contributed by atoms with Gasteiger partial charge in [0, 0.05) is 17.8 Å². The number of aromatic nitrogens is 1. The van der Waals surface area contributed by atoms with Gasteiger partial charge in [0.2, 0.25) is 0 Å². The van der Waals surface area contributed by atoms with Crippen LogP contribution >= 0.6 is 0 Å². The van der Waals surface area contributed by atoms with Crippen LogP contribution in [0, 0.1) is 0 Å². The molecular formula is C17H29N3O. The van der Waals surface area contributed by atoms with E-state index in [1.807, 2.05) is 12.3 Å². The van der Waals surface area contributed by atoms with Crippen LogP contribution < -0.4 is 10.5 Å². The minimum Gasteiger partial charge on any atom is -0.492 e. The van der Waals surface area contributed by atoms with Gasteiger partial charge in [-0.05, 0) is 57.8 Å². The van der Waals surface area contributed by atoms with Crippen molar-refractivity contribution in [2.24, 2.45) is 5.73 Å². The quantitative estimate of drug-likeness (QED) is 0.875. The van der Waals surface area contributed by atoms with Crippen molar-refractivity contribution in [2.45, 2.75) is 58.0 Å². The molecule has 0 radical (unpaired) electrons. The maximum atomic E-state index is 6.56. The number of pyridine rings is 1. The summed E-state index contributed by atoms with van der Waals surface area (Å²) in [6, 6.07) is 1.98. The lowest BCUT2D eigenvalue weighted by Gasteiger charge is -2.44. The van der Waals surface area contributed by atoms with Crippen LogP contribution in [-0.4, -0.2) is 35.1 Å². The van der Waals surface area contributed by atoms with E-state index in [4.69, 9.17) is 10.5 Å².